The third-order valence-electron chi connectivity index (χ3n) is 2.36. The van der Waals surface area contributed by atoms with Crippen LogP contribution < -0.4 is 10.6 Å². The lowest BCUT2D eigenvalue weighted by atomic mass is 10.1. The van der Waals surface area contributed by atoms with Crippen molar-refractivity contribution in [1.82, 2.24) is 10.6 Å². The Bertz CT molecular complexity index is 159. The fraction of sp³-hybridized carbons (Fsp3) is 0.909. The van der Waals surface area contributed by atoms with Crippen molar-refractivity contribution in [2.45, 2.75) is 59.0 Å². The second kappa shape index (κ2) is 7.80. The lowest BCUT2D eigenvalue weighted by Crippen LogP contribution is -2.46. The molecule has 0 aliphatic rings. The van der Waals surface area contributed by atoms with Crippen LogP contribution in [0.2, 0.25) is 0 Å². The average molecular weight is 200 g/mol. The molecule has 0 spiro atoms. The Hall–Kier alpha value is -0.570. The monoisotopic (exact) mass is 200 g/mol. The van der Waals surface area contributed by atoms with E-state index in [-0.39, 0.29) is 11.9 Å². The predicted molar refractivity (Wildman–Crippen MR) is 60.3 cm³/mol. The molecule has 0 bridgehead atoms. The van der Waals surface area contributed by atoms with Crippen LogP contribution >= 0.6 is 0 Å². The molecule has 0 aromatic heterocycles. The first kappa shape index (κ1) is 13.4. The van der Waals surface area contributed by atoms with Crippen LogP contribution in [0.25, 0.3) is 0 Å². The molecule has 2 atom stereocenters. The number of carbonyl (C=O) groups excluding carboxylic acids is 1. The van der Waals surface area contributed by atoms with Crippen LogP contribution in [-0.2, 0) is 4.79 Å². The van der Waals surface area contributed by atoms with Crippen LogP contribution in [-0.4, -0.2) is 24.5 Å². The number of amides is 1. The molecule has 84 valence electrons. The molecular formula is C11H24N2O. The van der Waals surface area contributed by atoms with Crippen molar-refractivity contribution in [1.29, 1.82) is 0 Å². The maximum atomic E-state index is 11.4. The minimum absolute atomic E-state index is 0.0774. The highest BCUT2D eigenvalue weighted by atomic mass is 16.2. The zero-order valence-corrected chi connectivity index (χ0v) is 9.89. The summed E-state index contributed by atoms with van der Waals surface area (Å²) in [6.07, 6.45) is 3.38. The van der Waals surface area contributed by atoms with Crippen LogP contribution in [0.3, 0.4) is 0 Å². The first-order valence-corrected chi connectivity index (χ1v) is 5.69. The van der Waals surface area contributed by atoms with Gasteiger partial charge in [0.15, 0.2) is 0 Å². The minimum Gasteiger partial charge on any atom is -0.355 e. The summed E-state index contributed by atoms with van der Waals surface area (Å²) >= 11 is 0. The van der Waals surface area contributed by atoms with Gasteiger partial charge in [-0.3, -0.25) is 4.79 Å². The average Bonchev–Trinajstić information content (AvgIpc) is 2.17. The Balaban J connectivity index is 3.88. The molecule has 0 heterocycles. The Kier molecular flexibility index (Phi) is 7.48. The third kappa shape index (κ3) is 5.22. The molecule has 0 aliphatic heterocycles. The summed E-state index contributed by atoms with van der Waals surface area (Å²) in [5.41, 5.74) is 0. The number of likely N-dealkylation sites (N-methyl/N-ethyl adjacent to an activating group) is 1. The topological polar surface area (TPSA) is 41.1 Å². The van der Waals surface area contributed by atoms with E-state index >= 15 is 0 Å². The lowest BCUT2D eigenvalue weighted by molar-refractivity contribution is -0.122. The normalized spacial score (nSPS) is 14.9. The zero-order valence-electron chi connectivity index (χ0n) is 9.89. The van der Waals surface area contributed by atoms with Crippen molar-refractivity contribution in [3.05, 3.63) is 0 Å². The molecular weight excluding hydrogens is 176 g/mol. The highest BCUT2D eigenvalue weighted by Gasteiger charge is 2.14. The van der Waals surface area contributed by atoms with Gasteiger partial charge in [-0.05, 0) is 26.7 Å². The lowest BCUT2D eigenvalue weighted by Gasteiger charge is -2.21. The Morgan fingerprint density at radius 2 is 1.93 bits per heavy atom. The third-order valence-corrected chi connectivity index (χ3v) is 2.36. The molecule has 3 nitrogen and oxygen atoms in total. The minimum atomic E-state index is -0.0774. The largest absolute Gasteiger partial charge is 0.355 e. The molecule has 0 rings (SSSR count). The Labute approximate surface area is 87.6 Å². The molecule has 0 saturated carbocycles. The van der Waals surface area contributed by atoms with Crippen LogP contribution in [0.15, 0.2) is 0 Å². The molecule has 1 amide bonds. The van der Waals surface area contributed by atoms with Crippen molar-refractivity contribution < 1.29 is 4.79 Å². The van der Waals surface area contributed by atoms with Gasteiger partial charge in [-0.2, -0.15) is 0 Å². The number of carbonyl (C=O) groups is 1. The molecule has 0 radical (unpaired) electrons. The molecule has 2 unspecified atom stereocenters. The molecule has 2 N–H and O–H groups in total. The SMILES string of the molecule is CCCC(CC)NC(C)C(=O)NCC. The molecule has 0 fully saturated rings. The van der Waals surface area contributed by atoms with E-state index in [2.05, 4.69) is 24.5 Å². The second-order valence-corrected chi connectivity index (χ2v) is 3.68. The Morgan fingerprint density at radius 3 is 2.36 bits per heavy atom. The van der Waals surface area contributed by atoms with Crippen molar-refractivity contribution in [3.63, 3.8) is 0 Å². The van der Waals surface area contributed by atoms with E-state index in [1.54, 1.807) is 0 Å². The van der Waals surface area contributed by atoms with Gasteiger partial charge >= 0.3 is 0 Å². The quantitative estimate of drug-likeness (QED) is 0.656. The zero-order chi connectivity index (χ0) is 11.0. The molecule has 3 heteroatoms. The van der Waals surface area contributed by atoms with Gasteiger partial charge in [0.25, 0.3) is 0 Å². The summed E-state index contributed by atoms with van der Waals surface area (Å²) in [6.45, 7) is 8.88. The van der Waals surface area contributed by atoms with E-state index < -0.39 is 0 Å². The van der Waals surface area contributed by atoms with E-state index in [0.29, 0.717) is 12.6 Å². The second-order valence-electron chi connectivity index (χ2n) is 3.68. The summed E-state index contributed by atoms with van der Waals surface area (Å²) in [4.78, 5) is 11.4. The van der Waals surface area contributed by atoms with Crippen molar-refractivity contribution in [2.24, 2.45) is 0 Å². The van der Waals surface area contributed by atoms with E-state index in [4.69, 9.17) is 0 Å². The molecule has 0 aromatic rings. The van der Waals surface area contributed by atoms with Gasteiger partial charge in [-0.1, -0.05) is 20.3 Å². The highest BCUT2D eigenvalue weighted by Crippen LogP contribution is 2.02. The van der Waals surface area contributed by atoms with Crippen LogP contribution in [0.5, 0.6) is 0 Å². The number of nitrogens with one attached hydrogen (secondary N) is 2. The van der Waals surface area contributed by atoms with Gasteiger partial charge in [-0.25, -0.2) is 0 Å². The van der Waals surface area contributed by atoms with Gasteiger partial charge in [-0.15, -0.1) is 0 Å². The number of rotatable bonds is 7. The highest BCUT2D eigenvalue weighted by molar-refractivity contribution is 5.81. The van der Waals surface area contributed by atoms with Crippen LogP contribution in [0, 0.1) is 0 Å². The standard InChI is InChI=1S/C11H24N2O/c1-5-8-10(6-2)13-9(4)11(14)12-7-3/h9-10,13H,5-8H2,1-4H3,(H,12,14). The van der Waals surface area contributed by atoms with Gasteiger partial charge in [0, 0.05) is 12.6 Å². The van der Waals surface area contributed by atoms with Crippen LogP contribution in [0.1, 0.15) is 47.0 Å². The van der Waals surface area contributed by atoms with Gasteiger partial charge < -0.3 is 10.6 Å². The number of hydrogen-bond donors (Lipinski definition) is 2. The number of hydrogen-bond acceptors (Lipinski definition) is 2. The molecule has 0 saturated heterocycles. The van der Waals surface area contributed by atoms with E-state index in [0.717, 1.165) is 19.3 Å². The Morgan fingerprint density at radius 1 is 1.29 bits per heavy atom. The van der Waals surface area contributed by atoms with E-state index in [1.807, 2.05) is 13.8 Å². The van der Waals surface area contributed by atoms with Crippen LogP contribution in [0.4, 0.5) is 0 Å². The van der Waals surface area contributed by atoms with E-state index in [1.165, 1.54) is 0 Å². The summed E-state index contributed by atoms with van der Waals surface area (Å²) < 4.78 is 0. The first-order chi connectivity index (χ1) is 6.65. The first-order valence-electron chi connectivity index (χ1n) is 5.69. The summed E-state index contributed by atoms with van der Waals surface area (Å²) in [7, 11) is 0. The van der Waals surface area contributed by atoms with Crippen molar-refractivity contribution >= 4 is 5.91 Å². The molecule has 0 aromatic carbocycles. The van der Waals surface area contributed by atoms with Crippen molar-refractivity contribution in [2.75, 3.05) is 6.54 Å². The maximum Gasteiger partial charge on any atom is 0.236 e. The molecule has 14 heavy (non-hydrogen) atoms. The van der Waals surface area contributed by atoms with Gasteiger partial charge in [0.05, 0.1) is 6.04 Å². The van der Waals surface area contributed by atoms with E-state index in [9.17, 15) is 4.79 Å². The molecule has 0 aliphatic carbocycles. The summed E-state index contributed by atoms with van der Waals surface area (Å²) in [5, 5.41) is 6.16. The predicted octanol–water partition coefficient (Wildman–Crippen LogP) is 1.68. The fourth-order valence-electron chi connectivity index (χ4n) is 1.51. The fourth-order valence-corrected chi connectivity index (χ4v) is 1.51. The van der Waals surface area contributed by atoms with Gasteiger partial charge in [0.1, 0.15) is 0 Å². The smallest absolute Gasteiger partial charge is 0.236 e. The summed E-state index contributed by atoms with van der Waals surface area (Å²) in [6, 6.07) is 0.393. The van der Waals surface area contributed by atoms with Gasteiger partial charge in [0.2, 0.25) is 5.91 Å². The summed E-state index contributed by atoms with van der Waals surface area (Å²) in [5.74, 6) is 0.0991. The maximum absolute atomic E-state index is 11.4. The van der Waals surface area contributed by atoms with Crippen molar-refractivity contribution in [3.8, 4) is 0 Å².